The average Bonchev–Trinajstić information content (AvgIpc) is 1.94. The molecule has 0 N–H and O–H groups in total. The maximum absolute atomic E-state index is 12.3. The molecule has 0 unspecified atom stereocenters. The molecule has 0 atom stereocenters. The third-order valence-electron chi connectivity index (χ3n) is 1.34. The zero-order valence-electron chi connectivity index (χ0n) is 5.99. The SMILES string of the molecule is FC(F)(F)c1cc(S)c(Br)cc1Br. The summed E-state index contributed by atoms with van der Waals surface area (Å²) in [6.07, 6.45) is -4.35. The molecular formula is C7H3Br2F3S. The maximum Gasteiger partial charge on any atom is 0.417 e. The monoisotopic (exact) mass is 334 g/mol. The highest BCUT2D eigenvalue weighted by atomic mass is 79.9. The molecule has 0 amide bonds. The number of benzene rings is 1. The van der Waals surface area contributed by atoms with Crippen LogP contribution >= 0.6 is 44.5 Å². The van der Waals surface area contributed by atoms with Crippen LogP contribution in [0.3, 0.4) is 0 Å². The van der Waals surface area contributed by atoms with Crippen LogP contribution in [0.4, 0.5) is 13.2 Å². The van der Waals surface area contributed by atoms with E-state index in [1.165, 1.54) is 6.07 Å². The molecule has 1 aromatic carbocycles. The molecule has 0 saturated heterocycles. The van der Waals surface area contributed by atoms with Gasteiger partial charge in [0.1, 0.15) is 0 Å². The Kier molecular flexibility index (Phi) is 3.35. The van der Waals surface area contributed by atoms with E-state index in [4.69, 9.17) is 0 Å². The second kappa shape index (κ2) is 3.82. The van der Waals surface area contributed by atoms with Crippen molar-refractivity contribution in [2.24, 2.45) is 0 Å². The summed E-state index contributed by atoms with van der Waals surface area (Å²) < 4.78 is 37.4. The quantitative estimate of drug-likeness (QED) is 0.662. The third kappa shape index (κ3) is 2.63. The zero-order valence-corrected chi connectivity index (χ0v) is 10.1. The normalized spacial score (nSPS) is 11.8. The molecule has 0 nitrogen and oxygen atoms in total. The van der Waals surface area contributed by atoms with Gasteiger partial charge in [-0.3, -0.25) is 0 Å². The van der Waals surface area contributed by atoms with Gasteiger partial charge in [-0.1, -0.05) is 15.9 Å². The predicted octanol–water partition coefficient (Wildman–Crippen LogP) is 4.52. The Balaban J connectivity index is 3.32. The molecule has 0 aliphatic heterocycles. The van der Waals surface area contributed by atoms with Crippen LogP contribution in [0.25, 0.3) is 0 Å². The lowest BCUT2D eigenvalue weighted by atomic mass is 10.2. The van der Waals surface area contributed by atoms with Gasteiger partial charge in [0.2, 0.25) is 0 Å². The number of alkyl halides is 3. The minimum Gasteiger partial charge on any atom is -0.166 e. The van der Waals surface area contributed by atoms with Gasteiger partial charge in [-0.05, 0) is 28.1 Å². The molecule has 0 aromatic heterocycles. The van der Waals surface area contributed by atoms with Crippen molar-refractivity contribution >= 4 is 44.5 Å². The highest BCUT2D eigenvalue weighted by Crippen LogP contribution is 2.38. The number of rotatable bonds is 0. The molecule has 1 rings (SSSR count). The fourth-order valence-corrected chi connectivity index (χ4v) is 2.17. The Morgan fingerprint density at radius 1 is 1.08 bits per heavy atom. The van der Waals surface area contributed by atoms with E-state index in [9.17, 15) is 13.2 Å². The summed E-state index contributed by atoms with van der Waals surface area (Å²) in [5.74, 6) is 0. The van der Waals surface area contributed by atoms with Crippen molar-refractivity contribution in [3.05, 3.63) is 26.6 Å². The van der Waals surface area contributed by atoms with E-state index in [2.05, 4.69) is 44.5 Å². The summed E-state index contributed by atoms with van der Waals surface area (Å²) in [5, 5.41) is 0. The van der Waals surface area contributed by atoms with Gasteiger partial charge in [-0.25, -0.2) is 0 Å². The van der Waals surface area contributed by atoms with Crippen molar-refractivity contribution in [2.75, 3.05) is 0 Å². The molecule has 6 heteroatoms. The Bertz CT molecular complexity index is 335. The standard InChI is InChI=1S/C7H3Br2F3S/c8-4-2-5(9)6(13)1-3(4)7(10,11)12/h1-2,13H. The van der Waals surface area contributed by atoms with Gasteiger partial charge < -0.3 is 0 Å². The molecule has 0 aliphatic rings. The van der Waals surface area contributed by atoms with Crippen LogP contribution < -0.4 is 0 Å². The Hall–Kier alpha value is 0.320. The van der Waals surface area contributed by atoms with E-state index in [0.717, 1.165) is 6.07 Å². The van der Waals surface area contributed by atoms with Crippen LogP contribution in [0.2, 0.25) is 0 Å². The first-order chi connectivity index (χ1) is 5.82. The minimum atomic E-state index is -4.35. The van der Waals surface area contributed by atoms with Crippen LogP contribution in [0.5, 0.6) is 0 Å². The maximum atomic E-state index is 12.3. The van der Waals surface area contributed by atoms with Crippen LogP contribution in [-0.4, -0.2) is 0 Å². The van der Waals surface area contributed by atoms with Gasteiger partial charge >= 0.3 is 6.18 Å². The Morgan fingerprint density at radius 3 is 2.08 bits per heavy atom. The van der Waals surface area contributed by atoms with Gasteiger partial charge in [0.05, 0.1) is 5.56 Å². The first-order valence-corrected chi connectivity index (χ1v) is 5.11. The van der Waals surface area contributed by atoms with Crippen LogP contribution in [0.1, 0.15) is 5.56 Å². The van der Waals surface area contributed by atoms with Crippen molar-refractivity contribution in [2.45, 2.75) is 11.1 Å². The summed E-state index contributed by atoms with van der Waals surface area (Å²) in [7, 11) is 0. The predicted molar refractivity (Wildman–Crippen MR) is 54.1 cm³/mol. The number of hydrogen-bond acceptors (Lipinski definition) is 1. The largest absolute Gasteiger partial charge is 0.417 e. The highest BCUT2D eigenvalue weighted by molar-refractivity contribution is 9.11. The number of thiol groups is 1. The van der Waals surface area contributed by atoms with Gasteiger partial charge in [0.15, 0.2) is 0 Å². The van der Waals surface area contributed by atoms with Gasteiger partial charge in [0.25, 0.3) is 0 Å². The smallest absolute Gasteiger partial charge is 0.166 e. The van der Waals surface area contributed by atoms with E-state index in [0.29, 0.717) is 4.47 Å². The average molecular weight is 336 g/mol. The molecule has 0 heterocycles. The van der Waals surface area contributed by atoms with E-state index >= 15 is 0 Å². The second-order valence-electron chi connectivity index (χ2n) is 2.28. The third-order valence-corrected chi connectivity index (χ3v) is 3.33. The van der Waals surface area contributed by atoms with Gasteiger partial charge in [-0.15, -0.1) is 12.6 Å². The molecular weight excluding hydrogens is 333 g/mol. The lowest BCUT2D eigenvalue weighted by Crippen LogP contribution is -2.06. The molecule has 13 heavy (non-hydrogen) atoms. The molecule has 1 aromatic rings. The molecule has 0 spiro atoms. The zero-order chi connectivity index (χ0) is 10.2. The highest BCUT2D eigenvalue weighted by Gasteiger charge is 2.33. The summed E-state index contributed by atoms with van der Waals surface area (Å²) in [6, 6.07) is 2.29. The second-order valence-corrected chi connectivity index (χ2v) is 4.47. The first kappa shape index (κ1) is 11.4. The molecule has 72 valence electrons. The summed E-state index contributed by atoms with van der Waals surface area (Å²) in [5.41, 5.74) is -0.722. The molecule has 0 fully saturated rings. The fraction of sp³-hybridized carbons (Fsp3) is 0.143. The number of hydrogen-bond donors (Lipinski definition) is 1. The van der Waals surface area contributed by atoms with Crippen LogP contribution in [-0.2, 0) is 6.18 Å². The molecule has 0 radical (unpaired) electrons. The first-order valence-electron chi connectivity index (χ1n) is 3.07. The number of halogens is 5. The summed E-state index contributed by atoms with van der Waals surface area (Å²) in [6.45, 7) is 0. The van der Waals surface area contributed by atoms with Crippen molar-refractivity contribution < 1.29 is 13.2 Å². The Morgan fingerprint density at radius 2 is 1.62 bits per heavy atom. The van der Waals surface area contributed by atoms with Crippen molar-refractivity contribution in [1.82, 2.24) is 0 Å². The lowest BCUT2D eigenvalue weighted by molar-refractivity contribution is -0.138. The van der Waals surface area contributed by atoms with E-state index in [-0.39, 0.29) is 9.37 Å². The van der Waals surface area contributed by atoms with Crippen LogP contribution in [0, 0.1) is 0 Å². The van der Waals surface area contributed by atoms with Crippen molar-refractivity contribution in [3.63, 3.8) is 0 Å². The van der Waals surface area contributed by atoms with E-state index in [1.807, 2.05) is 0 Å². The van der Waals surface area contributed by atoms with Crippen LogP contribution in [0.15, 0.2) is 26.0 Å². The molecule has 0 saturated carbocycles. The van der Waals surface area contributed by atoms with Gasteiger partial charge in [0, 0.05) is 13.8 Å². The topological polar surface area (TPSA) is 0 Å². The lowest BCUT2D eigenvalue weighted by Gasteiger charge is -2.10. The van der Waals surface area contributed by atoms with Gasteiger partial charge in [-0.2, -0.15) is 13.2 Å². The summed E-state index contributed by atoms with van der Waals surface area (Å²) in [4.78, 5) is 0.260. The van der Waals surface area contributed by atoms with E-state index in [1.54, 1.807) is 0 Å². The van der Waals surface area contributed by atoms with E-state index < -0.39 is 11.7 Å². The molecule has 0 bridgehead atoms. The van der Waals surface area contributed by atoms with Crippen molar-refractivity contribution in [3.8, 4) is 0 Å². The van der Waals surface area contributed by atoms with Crippen molar-refractivity contribution in [1.29, 1.82) is 0 Å². The fourth-order valence-electron chi connectivity index (χ4n) is 0.755. The molecule has 0 aliphatic carbocycles. The summed E-state index contributed by atoms with van der Waals surface area (Å²) >= 11 is 9.79. The minimum absolute atomic E-state index is 0.00433. The Labute approximate surface area is 95.2 Å².